The minimum absolute atomic E-state index is 0.158. The van der Waals surface area contributed by atoms with Crippen molar-refractivity contribution in [1.29, 1.82) is 0 Å². The first-order valence-corrected chi connectivity index (χ1v) is 10.9. The number of aryl methyl sites for hydroxylation is 3. The maximum Gasteiger partial charge on any atom is 0.345 e. The molecule has 1 fully saturated rings. The molecule has 0 amide bonds. The van der Waals surface area contributed by atoms with Crippen LogP contribution in [0.25, 0.3) is 0 Å². The van der Waals surface area contributed by atoms with Crippen molar-refractivity contribution >= 4 is 10.1 Å². The first-order chi connectivity index (χ1) is 13.2. The van der Waals surface area contributed by atoms with Crippen LogP contribution in [0.2, 0.25) is 0 Å². The van der Waals surface area contributed by atoms with Crippen LogP contribution in [0, 0.1) is 20.8 Å². The molecule has 3 rings (SSSR count). The van der Waals surface area contributed by atoms with Crippen molar-refractivity contribution in [2.24, 2.45) is 5.84 Å². The minimum atomic E-state index is -4.00. The van der Waals surface area contributed by atoms with Crippen molar-refractivity contribution in [2.45, 2.75) is 51.2 Å². The van der Waals surface area contributed by atoms with E-state index in [0.717, 1.165) is 24.0 Å². The summed E-state index contributed by atoms with van der Waals surface area (Å²) in [6, 6.07) is 13.6. The summed E-state index contributed by atoms with van der Waals surface area (Å²) >= 11 is 0. The molecule has 152 valence electrons. The molecule has 1 heterocycles. The van der Waals surface area contributed by atoms with Crippen LogP contribution in [-0.2, 0) is 25.7 Å². The Bertz CT molecular complexity index is 908. The van der Waals surface area contributed by atoms with Gasteiger partial charge in [0, 0.05) is 6.42 Å². The summed E-state index contributed by atoms with van der Waals surface area (Å²) in [4.78, 5) is 0.202. The van der Waals surface area contributed by atoms with E-state index in [1.165, 1.54) is 0 Å². The quantitative estimate of drug-likeness (QED) is 0.589. The number of hydrogen-bond acceptors (Lipinski definition) is 5. The van der Waals surface area contributed by atoms with E-state index in [-0.39, 0.29) is 17.5 Å². The van der Waals surface area contributed by atoms with Gasteiger partial charge in [0.25, 0.3) is 0 Å². The Hall–Kier alpha value is -1.77. The number of ether oxygens (including phenoxy) is 1. The second-order valence-corrected chi connectivity index (χ2v) is 9.14. The van der Waals surface area contributed by atoms with Crippen LogP contribution in [0.5, 0.6) is 0 Å². The van der Waals surface area contributed by atoms with E-state index in [0.29, 0.717) is 24.3 Å². The van der Waals surface area contributed by atoms with Gasteiger partial charge in [-0.15, -0.1) is 5.84 Å². The van der Waals surface area contributed by atoms with E-state index in [1.807, 2.05) is 49.4 Å². The number of quaternary nitrogens is 1. The maximum atomic E-state index is 13.0. The number of nitrogens with two attached hydrogens (primary N) is 1. The molecule has 0 aliphatic carbocycles. The molecule has 6 nitrogen and oxygen atoms in total. The summed E-state index contributed by atoms with van der Waals surface area (Å²) in [5.41, 5.74) is 3.41. The predicted molar refractivity (Wildman–Crippen MR) is 107 cm³/mol. The Labute approximate surface area is 167 Å². The van der Waals surface area contributed by atoms with Crippen LogP contribution in [0.15, 0.2) is 47.4 Å². The summed E-state index contributed by atoms with van der Waals surface area (Å²) in [6.07, 6.45) is 1.40. The van der Waals surface area contributed by atoms with Gasteiger partial charge >= 0.3 is 10.1 Å². The highest BCUT2D eigenvalue weighted by Gasteiger charge is 2.41. The Balaban J connectivity index is 1.72. The van der Waals surface area contributed by atoms with Gasteiger partial charge in [-0.2, -0.15) is 8.42 Å². The third kappa shape index (κ3) is 4.98. The molecule has 7 heteroatoms. The Kier molecular flexibility index (Phi) is 6.21. The van der Waals surface area contributed by atoms with Gasteiger partial charge in [0.2, 0.25) is 0 Å². The molecule has 0 aromatic heterocycles. The van der Waals surface area contributed by atoms with Crippen molar-refractivity contribution in [3.63, 3.8) is 0 Å². The molecule has 2 aromatic carbocycles. The van der Waals surface area contributed by atoms with Crippen LogP contribution in [-0.4, -0.2) is 32.4 Å². The molecule has 1 aliphatic heterocycles. The number of piperidine rings is 1. The van der Waals surface area contributed by atoms with Crippen LogP contribution in [0.1, 0.15) is 35.1 Å². The van der Waals surface area contributed by atoms with Gasteiger partial charge < -0.3 is 4.74 Å². The first-order valence-electron chi connectivity index (χ1n) is 9.54. The normalized spacial score (nSPS) is 22.9. The number of rotatable bonds is 6. The zero-order valence-electron chi connectivity index (χ0n) is 16.7. The average molecular weight is 406 g/mol. The van der Waals surface area contributed by atoms with Gasteiger partial charge in [0.05, 0.1) is 6.61 Å². The number of nitrogens with zero attached hydrogens (tertiary/aromatic N) is 1. The van der Waals surface area contributed by atoms with Gasteiger partial charge in [-0.1, -0.05) is 52.8 Å². The minimum Gasteiger partial charge on any atom is -0.367 e. The van der Waals surface area contributed by atoms with E-state index in [2.05, 4.69) is 0 Å². The third-order valence-corrected chi connectivity index (χ3v) is 6.64. The molecule has 0 spiro atoms. The van der Waals surface area contributed by atoms with Gasteiger partial charge in [-0.25, -0.2) is 0 Å². The molecule has 2 N–H and O–H groups in total. The lowest BCUT2D eigenvalue weighted by molar-refractivity contribution is -1.10. The Morgan fingerprint density at radius 1 is 1.11 bits per heavy atom. The van der Waals surface area contributed by atoms with Crippen molar-refractivity contribution in [2.75, 3.05) is 13.1 Å². The topological polar surface area (TPSA) is 78.6 Å². The van der Waals surface area contributed by atoms with Gasteiger partial charge in [0.15, 0.2) is 6.54 Å². The molecular formula is C21H29N2O4S+. The standard InChI is InChI=1S/C21H29N2O4S/c1-16-12-17(2)21(18(3)13-16)28(24,25)27-23(22)11-7-10-20(14-23)26-15-19-8-5-4-6-9-19/h4-6,8-9,12-13,20H,7,10-11,14-15,22H2,1-3H3/q+1. The second-order valence-electron chi connectivity index (χ2n) is 7.68. The molecule has 1 aliphatic rings. The fourth-order valence-electron chi connectivity index (χ4n) is 3.90. The Morgan fingerprint density at radius 3 is 2.39 bits per heavy atom. The van der Waals surface area contributed by atoms with Gasteiger partial charge in [-0.05, 0) is 48.2 Å². The highest BCUT2D eigenvalue weighted by Crippen LogP contribution is 2.28. The second kappa shape index (κ2) is 8.31. The molecule has 1 saturated heterocycles. The number of hydrogen-bond donors (Lipinski definition) is 1. The molecule has 0 saturated carbocycles. The smallest absolute Gasteiger partial charge is 0.345 e. The van der Waals surface area contributed by atoms with Crippen molar-refractivity contribution in [3.8, 4) is 0 Å². The van der Waals surface area contributed by atoms with E-state index in [9.17, 15) is 8.42 Å². The number of hydroxylamine groups is 2. The van der Waals surface area contributed by atoms with Crippen LogP contribution < -0.4 is 5.84 Å². The predicted octanol–water partition coefficient (Wildman–Crippen LogP) is 3.30. The highest BCUT2D eigenvalue weighted by molar-refractivity contribution is 7.86. The van der Waals surface area contributed by atoms with Gasteiger partial charge in [0.1, 0.15) is 17.5 Å². The summed E-state index contributed by atoms with van der Waals surface area (Å²) in [6.45, 7) is 6.67. The van der Waals surface area contributed by atoms with E-state index < -0.39 is 14.9 Å². The monoisotopic (exact) mass is 405 g/mol. The summed E-state index contributed by atoms with van der Waals surface area (Å²) < 4.78 is 37.0. The molecule has 28 heavy (non-hydrogen) atoms. The maximum absolute atomic E-state index is 13.0. The van der Waals surface area contributed by atoms with Crippen molar-refractivity contribution in [1.82, 2.24) is 0 Å². The number of benzene rings is 2. The molecule has 2 aromatic rings. The lowest BCUT2D eigenvalue weighted by Gasteiger charge is -2.35. The summed E-state index contributed by atoms with van der Waals surface area (Å²) in [5.74, 6) is 6.33. The van der Waals surface area contributed by atoms with Crippen LogP contribution >= 0.6 is 0 Å². The zero-order chi connectivity index (χ0) is 20.4. The third-order valence-electron chi connectivity index (χ3n) is 5.01. The first kappa shape index (κ1) is 21.0. The van der Waals surface area contributed by atoms with E-state index in [4.69, 9.17) is 14.9 Å². The largest absolute Gasteiger partial charge is 0.367 e. The lowest BCUT2D eigenvalue weighted by atomic mass is 10.1. The van der Waals surface area contributed by atoms with Crippen molar-refractivity contribution < 1.29 is 22.2 Å². The van der Waals surface area contributed by atoms with E-state index in [1.54, 1.807) is 13.8 Å². The highest BCUT2D eigenvalue weighted by atomic mass is 32.2. The average Bonchev–Trinajstić information content (AvgIpc) is 2.58. The van der Waals surface area contributed by atoms with Crippen LogP contribution in [0.3, 0.4) is 0 Å². The lowest BCUT2D eigenvalue weighted by Crippen LogP contribution is -2.61. The zero-order valence-corrected chi connectivity index (χ0v) is 17.5. The molecule has 2 unspecified atom stereocenters. The fraction of sp³-hybridized carbons (Fsp3) is 0.429. The molecule has 0 bridgehead atoms. The Morgan fingerprint density at radius 2 is 1.75 bits per heavy atom. The summed E-state index contributed by atoms with van der Waals surface area (Å²) in [5, 5.41) is 0. The fourth-order valence-corrected chi connectivity index (χ4v) is 5.41. The van der Waals surface area contributed by atoms with Gasteiger partial charge in [-0.3, -0.25) is 0 Å². The SMILES string of the molecule is Cc1cc(C)c(S(=O)(=O)O[N+]2(N)CCCC(OCc3ccccc3)C2)c(C)c1. The van der Waals surface area contributed by atoms with Crippen LogP contribution in [0.4, 0.5) is 0 Å². The van der Waals surface area contributed by atoms with Crippen molar-refractivity contribution in [3.05, 3.63) is 64.7 Å². The molecule has 0 radical (unpaired) electrons. The molecule has 2 atom stereocenters. The summed E-state index contributed by atoms with van der Waals surface area (Å²) in [7, 11) is -4.00. The molecular weight excluding hydrogens is 376 g/mol. The van der Waals surface area contributed by atoms with E-state index >= 15 is 0 Å².